The lowest BCUT2D eigenvalue weighted by molar-refractivity contribution is -0.144. The van der Waals surface area contributed by atoms with E-state index < -0.39 is 20.0 Å². The Morgan fingerprint density at radius 3 is 2.31 bits per heavy atom. The average Bonchev–Trinajstić information content (AvgIpc) is 3.42. The molecule has 5 rings (SSSR count). The van der Waals surface area contributed by atoms with Gasteiger partial charge < -0.3 is 9.80 Å². The van der Waals surface area contributed by atoms with Crippen LogP contribution in [0.3, 0.4) is 0 Å². The Kier molecular flexibility index (Phi) is 4.78. The molecule has 1 aliphatic carbocycles. The van der Waals surface area contributed by atoms with E-state index in [-0.39, 0.29) is 17.6 Å². The molecule has 3 saturated heterocycles. The number of sulfone groups is 1. The van der Waals surface area contributed by atoms with E-state index in [0.29, 0.717) is 13.1 Å². The van der Waals surface area contributed by atoms with Gasteiger partial charge in [-0.25, -0.2) is 8.42 Å². The second-order valence-corrected chi connectivity index (χ2v) is 12.1. The molecule has 0 bridgehead atoms. The van der Waals surface area contributed by atoms with Crippen LogP contribution in [0.15, 0.2) is 30.3 Å². The van der Waals surface area contributed by atoms with Crippen molar-refractivity contribution < 1.29 is 13.2 Å². The molecule has 5 nitrogen and oxygen atoms in total. The maximum absolute atomic E-state index is 13.7. The molecule has 1 amide bonds. The van der Waals surface area contributed by atoms with E-state index >= 15 is 0 Å². The van der Waals surface area contributed by atoms with Crippen LogP contribution in [0.4, 0.5) is 0 Å². The Labute approximate surface area is 174 Å². The molecule has 1 aromatic rings. The molecule has 1 unspecified atom stereocenters. The fourth-order valence-electron chi connectivity index (χ4n) is 6.41. The number of hydrogen-bond acceptors (Lipinski definition) is 4. The van der Waals surface area contributed by atoms with Gasteiger partial charge in [-0.05, 0) is 56.7 Å². The van der Waals surface area contributed by atoms with Crippen molar-refractivity contribution in [3.63, 3.8) is 0 Å². The Hall–Kier alpha value is -1.40. The van der Waals surface area contributed by atoms with Gasteiger partial charge >= 0.3 is 0 Å². The van der Waals surface area contributed by atoms with Crippen LogP contribution in [0.25, 0.3) is 0 Å². The number of rotatable bonds is 4. The maximum atomic E-state index is 13.7. The van der Waals surface area contributed by atoms with Crippen LogP contribution >= 0.6 is 0 Å². The summed E-state index contributed by atoms with van der Waals surface area (Å²) in [4.78, 5) is 18.0. The monoisotopic (exact) mass is 416 g/mol. The highest BCUT2D eigenvalue weighted by atomic mass is 32.2. The highest BCUT2D eigenvalue weighted by molar-refractivity contribution is 7.93. The van der Waals surface area contributed by atoms with Gasteiger partial charge in [0.2, 0.25) is 5.91 Å². The van der Waals surface area contributed by atoms with Crippen molar-refractivity contribution >= 4 is 15.7 Å². The molecule has 1 saturated carbocycles. The van der Waals surface area contributed by atoms with Crippen LogP contribution in [0.5, 0.6) is 0 Å². The Balaban J connectivity index is 1.37. The van der Waals surface area contributed by atoms with Gasteiger partial charge in [0, 0.05) is 19.6 Å². The van der Waals surface area contributed by atoms with Crippen molar-refractivity contribution in [3.8, 4) is 0 Å². The second kappa shape index (κ2) is 7.09. The number of hydrogen-bond donors (Lipinski definition) is 0. The molecule has 3 heterocycles. The summed E-state index contributed by atoms with van der Waals surface area (Å²) in [6, 6.07) is 10.1. The number of likely N-dealkylation sites (tertiary alicyclic amines) is 2. The van der Waals surface area contributed by atoms with E-state index in [1.807, 2.05) is 23.1 Å². The molecular formula is C23H32N2O3S. The van der Waals surface area contributed by atoms with Crippen molar-refractivity contribution in [1.29, 1.82) is 0 Å². The quantitative estimate of drug-likeness (QED) is 0.757. The Morgan fingerprint density at radius 2 is 1.66 bits per heavy atom. The molecule has 1 atom stereocenters. The maximum Gasteiger partial charge on any atom is 0.233 e. The summed E-state index contributed by atoms with van der Waals surface area (Å²) >= 11 is 0. The number of carbonyl (C=O) groups excluding carboxylic acids is 1. The molecule has 1 aromatic carbocycles. The predicted octanol–water partition coefficient (Wildman–Crippen LogP) is 2.61. The van der Waals surface area contributed by atoms with Crippen LogP contribution in [0, 0.1) is 5.92 Å². The highest BCUT2D eigenvalue weighted by Crippen LogP contribution is 2.49. The summed E-state index contributed by atoms with van der Waals surface area (Å²) in [7, 11) is -3.14. The van der Waals surface area contributed by atoms with E-state index in [4.69, 9.17) is 0 Å². The van der Waals surface area contributed by atoms with E-state index in [1.54, 1.807) is 0 Å². The van der Waals surface area contributed by atoms with Crippen molar-refractivity contribution in [1.82, 2.24) is 9.80 Å². The zero-order chi connectivity index (χ0) is 20.1. The molecule has 0 N–H and O–H groups in total. The number of benzene rings is 1. The number of nitrogens with zero attached hydrogens (tertiary/aromatic N) is 2. The number of carbonyl (C=O) groups is 1. The van der Waals surface area contributed by atoms with Crippen LogP contribution in [0.1, 0.15) is 50.5 Å². The third-order valence-corrected chi connectivity index (χ3v) is 10.8. The lowest BCUT2D eigenvalue weighted by Crippen LogP contribution is -2.71. The predicted molar refractivity (Wildman–Crippen MR) is 113 cm³/mol. The molecule has 0 radical (unpaired) electrons. The van der Waals surface area contributed by atoms with E-state index in [1.165, 1.54) is 12.8 Å². The van der Waals surface area contributed by atoms with Gasteiger partial charge in [-0.1, -0.05) is 43.2 Å². The largest absolute Gasteiger partial charge is 0.339 e. The summed E-state index contributed by atoms with van der Waals surface area (Å²) < 4.78 is 25.4. The topological polar surface area (TPSA) is 57.7 Å². The van der Waals surface area contributed by atoms with Gasteiger partial charge in [0.15, 0.2) is 9.84 Å². The van der Waals surface area contributed by atoms with Gasteiger partial charge in [0.1, 0.15) is 4.75 Å². The average molecular weight is 417 g/mol. The molecule has 1 spiro atoms. The van der Waals surface area contributed by atoms with Gasteiger partial charge in [-0.15, -0.1) is 0 Å². The molecule has 0 aromatic heterocycles. The standard InChI is InChI=1S/C23H32N2O3S/c26-21(22(11-4-5-12-22)19-8-2-1-3-9-19)25-17-23(18-25)20(10-15-29(23,27)28)16-24-13-6-7-14-24/h1-3,8-9,20H,4-7,10-18H2. The minimum atomic E-state index is -3.14. The van der Waals surface area contributed by atoms with Crippen LogP contribution < -0.4 is 0 Å². The molecule has 29 heavy (non-hydrogen) atoms. The first-order chi connectivity index (χ1) is 14.0. The first kappa shape index (κ1) is 19.6. The smallest absolute Gasteiger partial charge is 0.233 e. The highest BCUT2D eigenvalue weighted by Gasteiger charge is 2.64. The molecule has 4 aliphatic rings. The third-order valence-electron chi connectivity index (χ3n) is 8.17. The van der Waals surface area contributed by atoms with Gasteiger partial charge in [0.05, 0.1) is 11.2 Å². The van der Waals surface area contributed by atoms with Crippen molar-refractivity contribution in [2.75, 3.05) is 38.5 Å². The molecule has 158 valence electrons. The molecular weight excluding hydrogens is 384 g/mol. The molecule has 6 heteroatoms. The lowest BCUT2D eigenvalue weighted by atomic mass is 9.75. The summed E-state index contributed by atoms with van der Waals surface area (Å²) in [5.74, 6) is 0.622. The normalized spacial score (nSPS) is 29.9. The van der Waals surface area contributed by atoms with Crippen molar-refractivity contribution in [2.45, 2.75) is 55.1 Å². The molecule has 4 fully saturated rings. The summed E-state index contributed by atoms with van der Waals surface area (Å²) in [5, 5.41) is 0. The zero-order valence-corrected chi connectivity index (χ0v) is 18.0. The summed E-state index contributed by atoms with van der Waals surface area (Å²) in [6.45, 7) is 3.87. The van der Waals surface area contributed by atoms with Gasteiger partial charge in [0.25, 0.3) is 0 Å². The van der Waals surface area contributed by atoms with E-state index in [2.05, 4.69) is 17.0 Å². The third kappa shape index (κ3) is 2.97. The lowest BCUT2D eigenvalue weighted by Gasteiger charge is -2.52. The van der Waals surface area contributed by atoms with Gasteiger partial charge in [-0.2, -0.15) is 0 Å². The van der Waals surface area contributed by atoms with Crippen molar-refractivity contribution in [3.05, 3.63) is 35.9 Å². The van der Waals surface area contributed by atoms with Gasteiger partial charge in [-0.3, -0.25) is 4.79 Å². The summed E-state index contributed by atoms with van der Waals surface area (Å²) in [6.07, 6.45) is 7.08. The van der Waals surface area contributed by atoms with Crippen LogP contribution in [-0.4, -0.2) is 67.3 Å². The van der Waals surface area contributed by atoms with Crippen molar-refractivity contribution in [2.24, 2.45) is 5.92 Å². The summed E-state index contributed by atoms with van der Waals surface area (Å²) in [5.41, 5.74) is 0.654. The molecule has 3 aliphatic heterocycles. The Bertz CT molecular complexity index is 865. The van der Waals surface area contributed by atoms with Crippen LogP contribution in [0.2, 0.25) is 0 Å². The fourth-order valence-corrected chi connectivity index (χ4v) is 8.82. The first-order valence-corrected chi connectivity index (χ1v) is 12.9. The second-order valence-electron chi connectivity index (χ2n) is 9.69. The fraction of sp³-hybridized carbons (Fsp3) is 0.696. The number of amides is 1. The zero-order valence-electron chi connectivity index (χ0n) is 17.2. The minimum Gasteiger partial charge on any atom is -0.339 e. The minimum absolute atomic E-state index is 0.161. The van der Waals surface area contributed by atoms with E-state index in [9.17, 15) is 13.2 Å². The van der Waals surface area contributed by atoms with Crippen LogP contribution in [-0.2, 0) is 20.0 Å². The SMILES string of the molecule is O=C(N1CC2(C1)C(CN1CCCC1)CCS2(=O)=O)C1(c2ccccc2)CCCC1. The van der Waals surface area contributed by atoms with E-state index in [0.717, 1.165) is 57.3 Å². The Morgan fingerprint density at radius 1 is 1.00 bits per heavy atom. The first-order valence-electron chi connectivity index (χ1n) is 11.3.